The number of carbonyl (C=O) groups excluding carboxylic acids is 1. The lowest BCUT2D eigenvalue weighted by Gasteiger charge is -2.39. The van der Waals surface area contributed by atoms with Crippen molar-refractivity contribution >= 4 is 11.6 Å². The van der Waals surface area contributed by atoms with Gasteiger partial charge in [-0.3, -0.25) is 14.9 Å². The summed E-state index contributed by atoms with van der Waals surface area (Å²) < 4.78 is 11.2. The van der Waals surface area contributed by atoms with Gasteiger partial charge >= 0.3 is 0 Å². The van der Waals surface area contributed by atoms with Crippen molar-refractivity contribution in [1.82, 2.24) is 4.90 Å². The second-order valence-corrected chi connectivity index (χ2v) is 6.63. The Kier molecular flexibility index (Phi) is 5.19. The molecular weight excluding hydrogens is 326 g/mol. The van der Waals surface area contributed by atoms with E-state index < -0.39 is 10.5 Å². The number of ether oxygens (including phenoxy) is 2. The van der Waals surface area contributed by atoms with Crippen LogP contribution < -0.4 is 10.5 Å². The first-order valence-corrected chi connectivity index (χ1v) is 8.55. The van der Waals surface area contributed by atoms with Crippen LogP contribution in [0.2, 0.25) is 0 Å². The van der Waals surface area contributed by atoms with Gasteiger partial charge in [0.25, 0.3) is 5.69 Å². The molecule has 2 aliphatic rings. The van der Waals surface area contributed by atoms with Crippen LogP contribution in [0.5, 0.6) is 5.75 Å². The molecule has 0 unspecified atom stereocenters. The normalized spacial score (nSPS) is 20.9. The van der Waals surface area contributed by atoms with Gasteiger partial charge in [-0.05, 0) is 25.0 Å². The van der Waals surface area contributed by atoms with Crippen molar-refractivity contribution in [1.29, 1.82) is 0 Å². The highest BCUT2D eigenvalue weighted by molar-refractivity contribution is 5.86. The van der Waals surface area contributed by atoms with E-state index in [1.54, 1.807) is 12.1 Å². The summed E-state index contributed by atoms with van der Waals surface area (Å²) in [6.45, 7) is 2.27. The Bertz CT molecular complexity index is 620. The van der Waals surface area contributed by atoms with Crippen LogP contribution >= 0.6 is 0 Å². The van der Waals surface area contributed by atoms with Crippen molar-refractivity contribution < 1.29 is 19.2 Å². The molecule has 8 heteroatoms. The quantitative estimate of drug-likeness (QED) is 0.651. The Labute approximate surface area is 146 Å². The molecule has 1 aromatic rings. The first-order chi connectivity index (χ1) is 12.0. The fourth-order valence-corrected chi connectivity index (χ4v) is 3.28. The van der Waals surface area contributed by atoms with Crippen LogP contribution in [-0.2, 0) is 9.53 Å². The molecule has 0 bridgehead atoms. The number of likely N-dealkylation sites (tertiary alicyclic amines) is 1. The van der Waals surface area contributed by atoms with Crippen LogP contribution in [0.25, 0.3) is 0 Å². The van der Waals surface area contributed by atoms with Gasteiger partial charge in [0.1, 0.15) is 11.9 Å². The maximum Gasteiger partial charge on any atom is 0.269 e. The molecule has 2 N–H and O–H groups in total. The lowest BCUT2D eigenvalue weighted by Crippen LogP contribution is -2.59. The average molecular weight is 349 g/mol. The van der Waals surface area contributed by atoms with Crippen molar-refractivity contribution in [3.8, 4) is 5.75 Å². The highest BCUT2D eigenvalue weighted by Crippen LogP contribution is 2.25. The van der Waals surface area contributed by atoms with E-state index in [4.69, 9.17) is 15.2 Å². The van der Waals surface area contributed by atoms with Gasteiger partial charge in [0.05, 0.1) is 10.5 Å². The fraction of sp³-hybridized carbons (Fsp3) is 0.588. The summed E-state index contributed by atoms with van der Waals surface area (Å²) in [6, 6.07) is 6.06. The van der Waals surface area contributed by atoms with E-state index in [1.165, 1.54) is 12.1 Å². The number of non-ortho nitro benzene ring substituents is 1. The second kappa shape index (κ2) is 7.37. The Balaban J connectivity index is 1.51. The lowest BCUT2D eigenvalue weighted by atomic mass is 9.89. The highest BCUT2D eigenvalue weighted by atomic mass is 16.6. The molecule has 0 aromatic heterocycles. The first kappa shape index (κ1) is 17.6. The van der Waals surface area contributed by atoms with Crippen molar-refractivity contribution in [2.75, 3.05) is 26.3 Å². The predicted molar refractivity (Wildman–Crippen MR) is 90.3 cm³/mol. The van der Waals surface area contributed by atoms with E-state index in [-0.39, 0.29) is 17.7 Å². The van der Waals surface area contributed by atoms with Crippen LogP contribution in [0.3, 0.4) is 0 Å². The smallest absolute Gasteiger partial charge is 0.269 e. The maximum atomic E-state index is 12.7. The Hall–Kier alpha value is -2.19. The molecule has 8 nitrogen and oxygen atoms in total. The van der Waals surface area contributed by atoms with E-state index in [1.807, 2.05) is 4.90 Å². The average Bonchev–Trinajstić information content (AvgIpc) is 2.63. The number of piperidine rings is 1. The minimum atomic E-state index is -0.801. The molecule has 0 aliphatic carbocycles. The van der Waals surface area contributed by atoms with E-state index >= 15 is 0 Å². The number of hydrogen-bond donors (Lipinski definition) is 1. The maximum absolute atomic E-state index is 12.7. The number of hydrogen-bond acceptors (Lipinski definition) is 6. The minimum Gasteiger partial charge on any atom is -0.490 e. The third kappa shape index (κ3) is 4.08. The molecule has 0 atom stereocenters. The van der Waals surface area contributed by atoms with Gasteiger partial charge in [-0.25, -0.2) is 0 Å². The molecule has 1 amide bonds. The molecule has 0 spiro atoms. The molecule has 0 radical (unpaired) electrons. The van der Waals surface area contributed by atoms with E-state index in [9.17, 15) is 14.9 Å². The monoisotopic (exact) mass is 349 g/mol. The highest BCUT2D eigenvalue weighted by Gasteiger charge is 2.40. The third-order valence-corrected chi connectivity index (χ3v) is 4.89. The molecule has 136 valence electrons. The Morgan fingerprint density at radius 1 is 1.24 bits per heavy atom. The number of nitro groups is 1. The summed E-state index contributed by atoms with van der Waals surface area (Å²) in [6.07, 6.45) is 2.55. The number of nitrogens with two attached hydrogens (primary N) is 1. The number of amides is 1. The molecular formula is C17H23N3O5. The summed E-state index contributed by atoms with van der Waals surface area (Å²) in [7, 11) is 0. The Morgan fingerprint density at radius 3 is 2.40 bits per heavy atom. The van der Waals surface area contributed by atoms with Crippen molar-refractivity contribution in [3.63, 3.8) is 0 Å². The molecule has 25 heavy (non-hydrogen) atoms. The molecule has 3 rings (SSSR count). The van der Waals surface area contributed by atoms with Gasteiger partial charge in [0, 0.05) is 51.3 Å². The first-order valence-electron chi connectivity index (χ1n) is 8.55. The molecule has 2 fully saturated rings. The molecule has 0 saturated carbocycles. The summed E-state index contributed by atoms with van der Waals surface area (Å²) >= 11 is 0. The fourth-order valence-electron chi connectivity index (χ4n) is 3.28. The molecule has 2 aliphatic heterocycles. The number of carbonyl (C=O) groups is 1. The van der Waals surface area contributed by atoms with E-state index in [2.05, 4.69) is 0 Å². The van der Waals surface area contributed by atoms with Crippen molar-refractivity contribution in [2.24, 2.45) is 5.73 Å². The number of nitrogens with zero attached hydrogens (tertiary/aromatic N) is 2. The van der Waals surface area contributed by atoms with Gasteiger partial charge in [0.2, 0.25) is 5.91 Å². The van der Waals surface area contributed by atoms with Crippen LogP contribution in [-0.4, -0.2) is 53.7 Å². The van der Waals surface area contributed by atoms with Crippen molar-refractivity contribution in [3.05, 3.63) is 34.4 Å². The van der Waals surface area contributed by atoms with Gasteiger partial charge in [0.15, 0.2) is 0 Å². The molecule has 2 saturated heterocycles. The minimum absolute atomic E-state index is 0.00425. The van der Waals surface area contributed by atoms with Crippen LogP contribution in [0.1, 0.15) is 25.7 Å². The number of benzene rings is 1. The van der Waals surface area contributed by atoms with E-state index in [0.717, 1.165) is 12.8 Å². The third-order valence-electron chi connectivity index (χ3n) is 4.89. The van der Waals surface area contributed by atoms with Crippen molar-refractivity contribution in [2.45, 2.75) is 37.3 Å². The van der Waals surface area contributed by atoms with Crippen LogP contribution in [0.4, 0.5) is 5.69 Å². The van der Waals surface area contributed by atoms with Gasteiger partial charge in [-0.2, -0.15) is 0 Å². The zero-order valence-electron chi connectivity index (χ0n) is 14.1. The van der Waals surface area contributed by atoms with Crippen LogP contribution in [0.15, 0.2) is 24.3 Å². The molecule has 2 heterocycles. The Morgan fingerprint density at radius 2 is 1.84 bits per heavy atom. The number of nitro benzene ring substituents is 1. The standard InChI is InChI=1S/C17H23N3O5/c18-17(7-11-24-12-8-17)16(21)19-9-5-15(6-10-19)25-14-3-1-13(2-4-14)20(22)23/h1-4,15H,5-12,18H2. The SMILES string of the molecule is NC1(C(=O)N2CCC(Oc3ccc([N+](=O)[O-])cc3)CC2)CCOCC1. The predicted octanol–water partition coefficient (Wildman–Crippen LogP) is 1.47. The zero-order valence-corrected chi connectivity index (χ0v) is 14.1. The zero-order chi connectivity index (χ0) is 17.9. The van der Waals surface area contributed by atoms with E-state index in [0.29, 0.717) is 44.9 Å². The summed E-state index contributed by atoms with van der Waals surface area (Å²) in [5.41, 5.74) is 5.51. The van der Waals surface area contributed by atoms with Gasteiger partial charge in [-0.15, -0.1) is 0 Å². The van der Waals surface area contributed by atoms with Gasteiger partial charge in [-0.1, -0.05) is 0 Å². The summed E-state index contributed by atoms with van der Waals surface area (Å²) in [4.78, 5) is 24.7. The number of rotatable bonds is 4. The lowest BCUT2D eigenvalue weighted by molar-refractivity contribution is -0.384. The summed E-state index contributed by atoms with van der Waals surface area (Å²) in [5, 5.41) is 10.7. The second-order valence-electron chi connectivity index (χ2n) is 6.63. The topological polar surface area (TPSA) is 108 Å². The molecule has 1 aromatic carbocycles. The van der Waals surface area contributed by atoms with Crippen LogP contribution in [0, 0.1) is 10.1 Å². The van der Waals surface area contributed by atoms with Gasteiger partial charge < -0.3 is 20.1 Å². The summed E-state index contributed by atoms with van der Waals surface area (Å²) in [5.74, 6) is 0.611. The largest absolute Gasteiger partial charge is 0.490 e.